The molecule has 0 atom stereocenters. The van der Waals surface area contributed by atoms with Crippen molar-refractivity contribution in [2.45, 2.75) is 6.92 Å². The summed E-state index contributed by atoms with van der Waals surface area (Å²) in [6.07, 6.45) is 1.20. The Bertz CT molecular complexity index is 782. The van der Waals surface area contributed by atoms with E-state index in [1.54, 1.807) is 13.0 Å². The number of phenolic OH excluding ortho intramolecular Hbond substituents is 4. The lowest BCUT2D eigenvalue weighted by molar-refractivity contribution is 0.0954. The number of amides is 1. The Kier molecular flexibility index (Phi) is 4.61. The van der Waals surface area contributed by atoms with Crippen molar-refractivity contribution in [3.8, 4) is 23.0 Å². The molecule has 2 aromatic rings. The van der Waals surface area contributed by atoms with Crippen molar-refractivity contribution in [1.29, 1.82) is 0 Å². The zero-order chi connectivity index (χ0) is 17.1. The molecule has 0 aromatic heterocycles. The van der Waals surface area contributed by atoms with Crippen molar-refractivity contribution in [1.82, 2.24) is 5.43 Å². The Morgan fingerprint density at radius 2 is 1.70 bits per heavy atom. The van der Waals surface area contributed by atoms with E-state index in [0.29, 0.717) is 16.1 Å². The van der Waals surface area contributed by atoms with E-state index in [4.69, 9.17) is 11.6 Å². The number of aromatic hydroxyl groups is 4. The van der Waals surface area contributed by atoms with Crippen molar-refractivity contribution in [2.75, 3.05) is 0 Å². The van der Waals surface area contributed by atoms with Crippen LogP contribution in [0.4, 0.5) is 0 Å². The molecule has 0 fully saturated rings. The zero-order valence-corrected chi connectivity index (χ0v) is 12.7. The fourth-order valence-electron chi connectivity index (χ4n) is 1.82. The van der Waals surface area contributed by atoms with Gasteiger partial charge in [0.05, 0.1) is 6.21 Å². The molecular weight excluding hydrogens is 324 g/mol. The van der Waals surface area contributed by atoms with Gasteiger partial charge in [0.1, 0.15) is 5.75 Å². The average Bonchev–Trinajstić information content (AvgIpc) is 2.48. The normalized spacial score (nSPS) is 10.9. The van der Waals surface area contributed by atoms with Crippen LogP contribution >= 0.6 is 11.6 Å². The largest absolute Gasteiger partial charge is 0.507 e. The summed E-state index contributed by atoms with van der Waals surface area (Å²) in [4.78, 5) is 11.9. The highest BCUT2D eigenvalue weighted by atomic mass is 35.5. The van der Waals surface area contributed by atoms with Gasteiger partial charge in [-0.3, -0.25) is 4.79 Å². The van der Waals surface area contributed by atoms with E-state index in [2.05, 4.69) is 10.5 Å². The third-order valence-electron chi connectivity index (χ3n) is 3.00. The molecule has 0 aliphatic heterocycles. The summed E-state index contributed by atoms with van der Waals surface area (Å²) < 4.78 is 0. The van der Waals surface area contributed by atoms with Crippen LogP contribution in [0.5, 0.6) is 23.0 Å². The summed E-state index contributed by atoms with van der Waals surface area (Å²) in [6, 6.07) is 4.99. The van der Waals surface area contributed by atoms with Crippen LogP contribution in [-0.2, 0) is 0 Å². The number of phenols is 4. The molecular formula is C15H13ClN2O5. The average molecular weight is 337 g/mol. The molecule has 8 heteroatoms. The number of aryl methyl sites for hydroxylation is 1. The molecule has 120 valence electrons. The van der Waals surface area contributed by atoms with E-state index in [-0.39, 0.29) is 11.3 Å². The Labute approximate surface area is 136 Å². The third-order valence-corrected chi connectivity index (χ3v) is 3.21. The standard InChI is InChI=1S/C15H13ClN2O5/c1-7-2-10(16)3-9(13(7)21)6-17-18-15(23)8-4-11(19)14(22)12(20)5-8/h2-6,19-22H,1H3,(H,18,23)/b17-6+. The Morgan fingerprint density at radius 3 is 2.30 bits per heavy atom. The molecule has 0 aliphatic carbocycles. The van der Waals surface area contributed by atoms with Crippen LogP contribution in [0.3, 0.4) is 0 Å². The molecule has 0 bridgehead atoms. The third kappa shape index (κ3) is 3.64. The molecule has 0 aliphatic rings. The molecule has 0 saturated heterocycles. The maximum atomic E-state index is 11.9. The number of benzene rings is 2. The molecule has 0 spiro atoms. The number of carbonyl (C=O) groups is 1. The van der Waals surface area contributed by atoms with E-state index in [1.165, 1.54) is 12.3 Å². The molecule has 0 saturated carbocycles. The smallest absolute Gasteiger partial charge is 0.271 e. The second-order valence-electron chi connectivity index (χ2n) is 4.72. The predicted molar refractivity (Wildman–Crippen MR) is 84.4 cm³/mol. The first-order valence-electron chi connectivity index (χ1n) is 6.37. The number of hydrogen-bond donors (Lipinski definition) is 5. The number of carbonyl (C=O) groups excluding carboxylic acids is 1. The van der Waals surface area contributed by atoms with Crippen molar-refractivity contribution in [3.63, 3.8) is 0 Å². The van der Waals surface area contributed by atoms with Crippen LogP contribution in [-0.4, -0.2) is 32.5 Å². The lowest BCUT2D eigenvalue weighted by Crippen LogP contribution is -2.17. The highest BCUT2D eigenvalue weighted by Gasteiger charge is 2.13. The SMILES string of the molecule is Cc1cc(Cl)cc(/C=N/NC(=O)c2cc(O)c(O)c(O)c2)c1O. The molecule has 5 N–H and O–H groups in total. The molecule has 7 nitrogen and oxygen atoms in total. The zero-order valence-electron chi connectivity index (χ0n) is 11.9. The molecule has 0 radical (unpaired) electrons. The summed E-state index contributed by atoms with van der Waals surface area (Å²) in [5, 5.41) is 41.9. The molecule has 2 aromatic carbocycles. The van der Waals surface area contributed by atoms with Gasteiger partial charge in [-0.15, -0.1) is 0 Å². The molecule has 0 heterocycles. The first-order chi connectivity index (χ1) is 10.8. The van der Waals surface area contributed by atoms with Gasteiger partial charge in [-0.25, -0.2) is 5.43 Å². The monoisotopic (exact) mass is 336 g/mol. The summed E-state index contributed by atoms with van der Waals surface area (Å²) >= 11 is 5.87. The summed E-state index contributed by atoms with van der Waals surface area (Å²) in [5.41, 5.74) is 2.92. The number of nitrogens with zero attached hydrogens (tertiary/aromatic N) is 1. The fourth-order valence-corrected chi connectivity index (χ4v) is 2.10. The molecule has 23 heavy (non-hydrogen) atoms. The van der Waals surface area contributed by atoms with Crippen LogP contribution < -0.4 is 5.43 Å². The van der Waals surface area contributed by atoms with Crippen molar-refractivity contribution < 1.29 is 25.2 Å². The Morgan fingerprint density at radius 1 is 1.09 bits per heavy atom. The van der Waals surface area contributed by atoms with Crippen LogP contribution in [0.2, 0.25) is 5.02 Å². The first kappa shape index (κ1) is 16.4. The van der Waals surface area contributed by atoms with Crippen LogP contribution in [0.25, 0.3) is 0 Å². The van der Waals surface area contributed by atoms with Gasteiger partial charge in [0.15, 0.2) is 17.2 Å². The van der Waals surface area contributed by atoms with E-state index in [0.717, 1.165) is 12.1 Å². The number of hydrazone groups is 1. The predicted octanol–water partition coefficient (Wildman–Crippen LogP) is 2.23. The highest BCUT2D eigenvalue weighted by molar-refractivity contribution is 6.31. The lowest BCUT2D eigenvalue weighted by Gasteiger charge is -2.05. The number of hydrogen-bond acceptors (Lipinski definition) is 6. The minimum Gasteiger partial charge on any atom is -0.507 e. The van der Waals surface area contributed by atoms with Crippen LogP contribution in [0, 0.1) is 6.92 Å². The summed E-state index contributed by atoms with van der Waals surface area (Å²) in [5.74, 6) is -2.74. The van der Waals surface area contributed by atoms with Crippen molar-refractivity contribution >= 4 is 23.7 Å². The number of nitrogens with one attached hydrogen (secondary N) is 1. The number of halogens is 1. The second kappa shape index (κ2) is 6.45. The quantitative estimate of drug-likeness (QED) is 0.334. The maximum Gasteiger partial charge on any atom is 0.271 e. The van der Waals surface area contributed by atoms with E-state index in [1.807, 2.05) is 0 Å². The summed E-state index contributed by atoms with van der Waals surface area (Å²) in [7, 11) is 0. The first-order valence-corrected chi connectivity index (χ1v) is 6.75. The van der Waals surface area contributed by atoms with E-state index >= 15 is 0 Å². The van der Waals surface area contributed by atoms with Crippen molar-refractivity contribution in [2.24, 2.45) is 5.10 Å². The molecule has 1 amide bonds. The molecule has 0 unspecified atom stereocenters. The van der Waals surface area contributed by atoms with Crippen molar-refractivity contribution in [3.05, 3.63) is 46.0 Å². The highest BCUT2D eigenvalue weighted by Crippen LogP contribution is 2.35. The summed E-state index contributed by atoms with van der Waals surface area (Å²) in [6.45, 7) is 1.67. The number of rotatable bonds is 3. The van der Waals surface area contributed by atoms with Gasteiger partial charge in [0.2, 0.25) is 0 Å². The lowest BCUT2D eigenvalue weighted by atomic mass is 10.1. The van der Waals surface area contributed by atoms with Gasteiger partial charge >= 0.3 is 0 Å². The topological polar surface area (TPSA) is 122 Å². The van der Waals surface area contributed by atoms with Crippen LogP contribution in [0.15, 0.2) is 29.4 Å². The maximum absolute atomic E-state index is 11.9. The second-order valence-corrected chi connectivity index (χ2v) is 5.16. The fraction of sp³-hybridized carbons (Fsp3) is 0.0667. The van der Waals surface area contributed by atoms with Gasteiger partial charge in [-0.1, -0.05) is 11.6 Å². The minimum absolute atomic E-state index is 0.0210. The van der Waals surface area contributed by atoms with Crippen LogP contribution in [0.1, 0.15) is 21.5 Å². The van der Waals surface area contributed by atoms with Gasteiger partial charge < -0.3 is 20.4 Å². The molecule has 2 rings (SSSR count). The van der Waals surface area contributed by atoms with E-state index in [9.17, 15) is 25.2 Å². The van der Waals surface area contributed by atoms with Gasteiger partial charge in [0.25, 0.3) is 5.91 Å². The van der Waals surface area contributed by atoms with Gasteiger partial charge in [0, 0.05) is 16.1 Å². The minimum atomic E-state index is -0.731. The van der Waals surface area contributed by atoms with E-state index < -0.39 is 23.2 Å². The Balaban J connectivity index is 2.16. The Hall–Kier alpha value is -2.93. The van der Waals surface area contributed by atoms with Gasteiger partial charge in [-0.05, 0) is 36.8 Å². The van der Waals surface area contributed by atoms with Gasteiger partial charge in [-0.2, -0.15) is 5.10 Å².